The molecule has 26 heavy (non-hydrogen) atoms. The third-order valence-corrected chi connectivity index (χ3v) is 3.49. The van der Waals surface area contributed by atoms with Crippen LogP contribution in [0.25, 0.3) is 0 Å². The van der Waals surface area contributed by atoms with E-state index in [-0.39, 0.29) is 0 Å². The highest BCUT2D eigenvalue weighted by atomic mass is 15.5. The number of hydrogen-bond donors (Lipinski definition) is 2. The summed E-state index contributed by atoms with van der Waals surface area (Å²) < 4.78 is 0. The van der Waals surface area contributed by atoms with Crippen molar-refractivity contribution in [2.24, 2.45) is 15.8 Å². The molecule has 1 aliphatic heterocycles. The van der Waals surface area contributed by atoms with E-state index in [1.165, 1.54) is 11.9 Å². The zero-order valence-electron chi connectivity index (χ0n) is 16.5. The quantitative estimate of drug-likeness (QED) is 0.418. The van der Waals surface area contributed by atoms with Crippen LogP contribution < -0.4 is 11.1 Å². The first-order valence-electron chi connectivity index (χ1n) is 8.56. The number of nitrogens with zero attached hydrogens (tertiary/aromatic N) is 4. The van der Waals surface area contributed by atoms with Crippen LogP contribution in [0.3, 0.4) is 0 Å². The van der Waals surface area contributed by atoms with Gasteiger partial charge >= 0.3 is 0 Å². The van der Waals surface area contributed by atoms with Crippen molar-refractivity contribution in [1.82, 2.24) is 15.2 Å². The average molecular weight is 355 g/mol. The molecule has 0 aromatic carbocycles. The number of aliphatic imine (C=N–C) groups is 1. The molecule has 0 saturated carbocycles. The fourth-order valence-electron chi connectivity index (χ4n) is 2.35. The standard InChI is InChI=1S/C20H30N6/c1-7-11-22-14-16(3)13-17(4)19-20(21)23-15-24-26(19)18(8-2)10-9-12-25(5)6/h7-8,14-15,22H,1,11-13H2,2-6H3,(H2,21,23,24)/b16-14+,18-8-,19-17+. The van der Waals surface area contributed by atoms with Gasteiger partial charge in [-0.05, 0) is 59.0 Å². The Morgan fingerprint density at radius 1 is 1.42 bits per heavy atom. The van der Waals surface area contributed by atoms with Crippen molar-refractivity contribution < 1.29 is 0 Å². The molecule has 0 bridgehead atoms. The van der Waals surface area contributed by atoms with Gasteiger partial charge in [-0.2, -0.15) is 5.10 Å². The lowest BCUT2D eigenvalue weighted by Gasteiger charge is -2.26. The summed E-state index contributed by atoms with van der Waals surface area (Å²) in [6.45, 7) is 11.1. The minimum Gasteiger partial charge on any atom is -0.387 e. The normalized spacial score (nSPS) is 16.8. The number of rotatable bonds is 7. The molecule has 1 aliphatic rings. The highest BCUT2D eigenvalue weighted by Gasteiger charge is 2.21. The molecule has 6 heteroatoms. The average Bonchev–Trinajstić information content (AvgIpc) is 2.58. The first kappa shape index (κ1) is 21.3. The van der Waals surface area contributed by atoms with Crippen LogP contribution in [0.15, 0.2) is 57.6 Å². The minimum absolute atomic E-state index is 0.443. The van der Waals surface area contributed by atoms with E-state index in [9.17, 15) is 0 Å². The van der Waals surface area contributed by atoms with E-state index >= 15 is 0 Å². The Morgan fingerprint density at radius 3 is 2.77 bits per heavy atom. The molecule has 6 nitrogen and oxygen atoms in total. The second-order valence-corrected chi connectivity index (χ2v) is 6.26. The monoisotopic (exact) mass is 354 g/mol. The van der Waals surface area contributed by atoms with Crippen LogP contribution in [0.1, 0.15) is 27.2 Å². The molecule has 0 atom stereocenters. The number of hydrogen-bond acceptors (Lipinski definition) is 6. The molecule has 0 saturated heterocycles. The van der Waals surface area contributed by atoms with Gasteiger partial charge in [0, 0.05) is 6.54 Å². The second-order valence-electron chi connectivity index (χ2n) is 6.26. The van der Waals surface area contributed by atoms with Gasteiger partial charge in [-0.1, -0.05) is 23.6 Å². The van der Waals surface area contributed by atoms with Gasteiger partial charge in [0.05, 0.1) is 6.54 Å². The van der Waals surface area contributed by atoms with E-state index in [2.05, 4.69) is 40.8 Å². The van der Waals surface area contributed by atoms with Gasteiger partial charge in [0.15, 0.2) is 5.84 Å². The molecule has 0 aromatic heterocycles. The van der Waals surface area contributed by atoms with Crippen LogP contribution in [0.5, 0.6) is 0 Å². The summed E-state index contributed by atoms with van der Waals surface area (Å²) in [6, 6.07) is 0. The van der Waals surface area contributed by atoms with Crippen LogP contribution >= 0.6 is 0 Å². The zero-order chi connectivity index (χ0) is 19.5. The smallest absolute Gasteiger partial charge is 0.151 e. The van der Waals surface area contributed by atoms with Crippen molar-refractivity contribution in [2.75, 3.05) is 27.2 Å². The Morgan fingerprint density at radius 2 is 2.15 bits per heavy atom. The maximum atomic E-state index is 6.16. The van der Waals surface area contributed by atoms with E-state index < -0.39 is 0 Å². The number of nitrogens with two attached hydrogens (primary N) is 1. The van der Waals surface area contributed by atoms with Crippen molar-refractivity contribution in [1.29, 1.82) is 0 Å². The molecule has 0 unspecified atom stereocenters. The fourth-order valence-corrected chi connectivity index (χ4v) is 2.35. The lowest BCUT2D eigenvalue weighted by Crippen LogP contribution is -2.31. The van der Waals surface area contributed by atoms with Crippen LogP contribution in [-0.2, 0) is 0 Å². The van der Waals surface area contributed by atoms with Crippen LogP contribution in [-0.4, -0.2) is 49.3 Å². The third kappa shape index (κ3) is 6.61. The van der Waals surface area contributed by atoms with E-state index in [4.69, 9.17) is 5.73 Å². The Labute approximate surface area is 157 Å². The van der Waals surface area contributed by atoms with E-state index in [0.29, 0.717) is 12.4 Å². The maximum Gasteiger partial charge on any atom is 0.151 e. The van der Waals surface area contributed by atoms with E-state index in [0.717, 1.165) is 29.9 Å². The number of nitrogens with one attached hydrogen (secondary N) is 1. The Balaban J connectivity index is 3.11. The Hall–Kier alpha value is -2.78. The SMILES string of the molecule is C=CCN/C=C(\C)C/C(C)=C1\C(N)=NC=NN1/C(C#CCN(C)C)=C\C. The fraction of sp³-hybridized carbons (Fsp3) is 0.400. The summed E-state index contributed by atoms with van der Waals surface area (Å²) in [6.07, 6.45) is 7.95. The molecule has 0 amide bonds. The van der Waals surface area contributed by atoms with Gasteiger partial charge in [-0.15, -0.1) is 6.58 Å². The lowest BCUT2D eigenvalue weighted by molar-refractivity contribution is 0.462. The van der Waals surface area contributed by atoms with Gasteiger partial charge < -0.3 is 11.1 Å². The number of allylic oxidation sites excluding steroid dienone is 4. The summed E-state index contributed by atoms with van der Waals surface area (Å²) in [5.41, 5.74) is 9.99. The number of amidine groups is 1. The zero-order valence-corrected chi connectivity index (χ0v) is 16.5. The Bertz CT molecular complexity index is 710. The van der Waals surface area contributed by atoms with Crippen molar-refractivity contribution in [3.63, 3.8) is 0 Å². The predicted octanol–water partition coefficient (Wildman–Crippen LogP) is 2.41. The lowest BCUT2D eigenvalue weighted by atomic mass is 10.1. The van der Waals surface area contributed by atoms with Gasteiger partial charge in [-0.25, -0.2) is 10.0 Å². The predicted molar refractivity (Wildman–Crippen MR) is 111 cm³/mol. The molecule has 0 aromatic rings. The largest absolute Gasteiger partial charge is 0.387 e. The molecule has 0 aliphatic carbocycles. The molecule has 140 valence electrons. The van der Waals surface area contributed by atoms with Gasteiger partial charge in [0.25, 0.3) is 0 Å². The summed E-state index contributed by atoms with van der Waals surface area (Å²) in [4.78, 5) is 6.18. The second kappa shape index (κ2) is 11.0. The first-order valence-corrected chi connectivity index (χ1v) is 8.56. The van der Waals surface area contributed by atoms with Crippen LogP contribution in [0, 0.1) is 11.8 Å². The Kier molecular flexibility index (Phi) is 8.96. The van der Waals surface area contributed by atoms with E-state index in [1.807, 2.05) is 51.2 Å². The highest BCUT2D eigenvalue weighted by Crippen LogP contribution is 2.23. The first-order chi connectivity index (χ1) is 12.4. The highest BCUT2D eigenvalue weighted by molar-refractivity contribution is 6.02. The van der Waals surface area contributed by atoms with Gasteiger partial charge in [-0.3, -0.25) is 4.90 Å². The van der Waals surface area contributed by atoms with Crippen LogP contribution in [0.4, 0.5) is 0 Å². The third-order valence-electron chi connectivity index (χ3n) is 3.49. The van der Waals surface area contributed by atoms with E-state index in [1.54, 1.807) is 5.01 Å². The van der Waals surface area contributed by atoms with Gasteiger partial charge in [0.1, 0.15) is 17.7 Å². The maximum absolute atomic E-state index is 6.16. The van der Waals surface area contributed by atoms with Gasteiger partial charge in [0.2, 0.25) is 0 Å². The molecular weight excluding hydrogens is 324 g/mol. The molecule has 1 heterocycles. The molecule has 1 rings (SSSR count). The topological polar surface area (TPSA) is 69.2 Å². The molecular formula is C20H30N6. The molecule has 0 radical (unpaired) electrons. The molecule has 0 spiro atoms. The number of hydrazone groups is 1. The van der Waals surface area contributed by atoms with Crippen molar-refractivity contribution in [3.05, 3.63) is 47.5 Å². The molecule has 3 N–H and O–H groups in total. The summed E-state index contributed by atoms with van der Waals surface area (Å²) in [7, 11) is 3.97. The summed E-state index contributed by atoms with van der Waals surface area (Å²) in [5.74, 6) is 6.75. The summed E-state index contributed by atoms with van der Waals surface area (Å²) in [5, 5.41) is 9.35. The minimum atomic E-state index is 0.443. The van der Waals surface area contributed by atoms with Crippen LogP contribution in [0.2, 0.25) is 0 Å². The molecule has 0 fully saturated rings. The summed E-state index contributed by atoms with van der Waals surface area (Å²) >= 11 is 0. The van der Waals surface area contributed by atoms with Crippen molar-refractivity contribution in [2.45, 2.75) is 27.2 Å². The van der Waals surface area contributed by atoms with Crippen molar-refractivity contribution >= 4 is 12.2 Å². The van der Waals surface area contributed by atoms with Crippen molar-refractivity contribution in [3.8, 4) is 11.8 Å².